The first-order valence-electron chi connectivity index (χ1n) is 15.2. The average molecular weight is 507 g/mol. The first-order valence-corrected chi connectivity index (χ1v) is 16.2. The fourth-order valence-electron chi connectivity index (χ4n) is 9.69. The summed E-state index contributed by atoms with van der Waals surface area (Å²) in [4.78, 5) is 14.5. The summed E-state index contributed by atoms with van der Waals surface area (Å²) in [5.41, 5.74) is 3.58. The molecule has 0 bridgehead atoms. The molecule has 5 rings (SSSR count). The summed E-state index contributed by atoms with van der Waals surface area (Å²) < 4.78 is 0. The molecule has 0 aliphatic heterocycles. The molecule has 0 aromatic heterocycles. The van der Waals surface area contributed by atoms with Crippen LogP contribution in [0, 0.1) is 46.3 Å². The van der Waals surface area contributed by atoms with Gasteiger partial charge in [0.2, 0.25) is 0 Å². The maximum absolute atomic E-state index is 13.2. The number of hydrogen-bond donors (Lipinski definition) is 0. The Bertz CT molecular complexity index is 963. The van der Waals surface area contributed by atoms with Gasteiger partial charge in [-0.25, -0.2) is 0 Å². The maximum Gasteiger partial charge on any atom is 0.159 e. The van der Waals surface area contributed by atoms with E-state index >= 15 is 0 Å². The van der Waals surface area contributed by atoms with Gasteiger partial charge < -0.3 is 0 Å². The van der Waals surface area contributed by atoms with Crippen molar-refractivity contribution >= 4 is 17.5 Å². The highest BCUT2D eigenvalue weighted by atomic mass is 32.2. The minimum atomic E-state index is 0.256. The Morgan fingerprint density at radius 2 is 1.69 bits per heavy atom. The largest absolute Gasteiger partial charge is 0.295 e. The van der Waals surface area contributed by atoms with Gasteiger partial charge >= 0.3 is 0 Å². The lowest BCUT2D eigenvalue weighted by Crippen LogP contribution is -2.51. The molecule has 3 saturated carbocycles. The average Bonchev–Trinajstić information content (AvgIpc) is 3.21. The van der Waals surface area contributed by atoms with Crippen LogP contribution in [0.25, 0.3) is 0 Å². The highest BCUT2D eigenvalue weighted by Crippen LogP contribution is 2.68. The van der Waals surface area contributed by atoms with E-state index in [0.717, 1.165) is 54.1 Å². The van der Waals surface area contributed by atoms with E-state index < -0.39 is 0 Å². The molecule has 0 radical (unpaired) electrons. The Morgan fingerprint density at radius 1 is 0.917 bits per heavy atom. The van der Waals surface area contributed by atoms with Gasteiger partial charge in [-0.3, -0.25) is 4.79 Å². The highest BCUT2D eigenvalue weighted by molar-refractivity contribution is 7.99. The molecule has 0 saturated heterocycles. The van der Waals surface area contributed by atoms with E-state index in [0.29, 0.717) is 11.2 Å². The molecular weight excluding hydrogens is 456 g/mol. The Morgan fingerprint density at radius 3 is 2.44 bits per heavy atom. The summed E-state index contributed by atoms with van der Waals surface area (Å²) in [7, 11) is 0. The summed E-state index contributed by atoms with van der Waals surface area (Å²) in [6.45, 7) is 12.6. The second-order valence-electron chi connectivity index (χ2n) is 13.8. The molecule has 4 aliphatic rings. The lowest BCUT2D eigenvalue weighted by Gasteiger charge is -2.59. The van der Waals surface area contributed by atoms with Crippen LogP contribution in [0.5, 0.6) is 0 Å². The number of benzene rings is 1. The van der Waals surface area contributed by atoms with Crippen LogP contribution in [-0.4, -0.2) is 11.5 Å². The standard InChI is InChI=1S/C34H50OS/c1-23(2)10-9-11-24(3)28-16-17-29-26-14-15-30-27(22-36-25-12-7-6-8-13-25)32(35)19-21-34(30,5)31(26)18-20-33(28,29)4/h6-8,12-13,23-24,26,28-29,31H,9-11,14-22H2,1-5H3/t24-,26+,28-,29+,31+,33-,34+/m1/s1. The second kappa shape index (κ2) is 10.6. The normalized spacial score (nSPS) is 37.0. The molecule has 0 unspecified atom stereocenters. The number of carbonyl (C=O) groups excluding carboxylic acids is 1. The number of fused-ring (bicyclic) bond motifs is 5. The molecule has 3 fully saturated rings. The lowest BCUT2D eigenvalue weighted by atomic mass is 9.46. The van der Waals surface area contributed by atoms with Crippen molar-refractivity contribution in [3.05, 3.63) is 41.5 Å². The van der Waals surface area contributed by atoms with E-state index in [2.05, 4.69) is 65.0 Å². The van der Waals surface area contributed by atoms with Crippen LogP contribution in [0.3, 0.4) is 0 Å². The molecule has 1 aromatic carbocycles. The smallest absolute Gasteiger partial charge is 0.159 e. The monoisotopic (exact) mass is 506 g/mol. The van der Waals surface area contributed by atoms with Crippen LogP contribution in [0.15, 0.2) is 46.4 Å². The van der Waals surface area contributed by atoms with Gasteiger partial charge in [-0.1, -0.05) is 77.7 Å². The van der Waals surface area contributed by atoms with Crippen molar-refractivity contribution in [3.8, 4) is 0 Å². The van der Waals surface area contributed by atoms with Gasteiger partial charge in [0, 0.05) is 22.6 Å². The Kier molecular flexibility index (Phi) is 7.85. The predicted octanol–water partition coefficient (Wildman–Crippen LogP) is 9.76. The van der Waals surface area contributed by atoms with Crippen molar-refractivity contribution in [3.63, 3.8) is 0 Å². The van der Waals surface area contributed by atoms with Gasteiger partial charge in [0.1, 0.15) is 0 Å². The molecule has 1 aromatic rings. The third-order valence-electron chi connectivity index (χ3n) is 11.6. The van der Waals surface area contributed by atoms with Gasteiger partial charge in [-0.2, -0.15) is 0 Å². The molecule has 2 heteroatoms. The first-order chi connectivity index (χ1) is 17.2. The molecule has 0 spiro atoms. The molecule has 7 atom stereocenters. The molecule has 36 heavy (non-hydrogen) atoms. The zero-order valence-corrected chi connectivity index (χ0v) is 24.5. The molecule has 198 valence electrons. The fraction of sp³-hybridized carbons (Fsp3) is 0.735. The summed E-state index contributed by atoms with van der Waals surface area (Å²) in [5.74, 6) is 6.52. The van der Waals surface area contributed by atoms with Crippen molar-refractivity contribution in [2.75, 3.05) is 5.75 Å². The number of carbonyl (C=O) groups is 1. The second-order valence-corrected chi connectivity index (χ2v) is 14.9. The Balaban J connectivity index is 1.33. The van der Waals surface area contributed by atoms with Crippen molar-refractivity contribution in [2.24, 2.45) is 46.3 Å². The van der Waals surface area contributed by atoms with Gasteiger partial charge in [-0.15, -0.1) is 11.8 Å². The number of Topliss-reactive ketones (excluding diaryl/α,β-unsaturated/α-hetero) is 1. The minimum Gasteiger partial charge on any atom is -0.295 e. The maximum atomic E-state index is 13.2. The molecule has 4 aliphatic carbocycles. The predicted molar refractivity (Wildman–Crippen MR) is 154 cm³/mol. The number of hydrogen-bond acceptors (Lipinski definition) is 2. The summed E-state index contributed by atoms with van der Waals surface area (Å²) in [6.07, 6.45) is 14.3. The Hall–Kier alpha value is -1.02. The van der Waals surface area contributed by atoms with Crippen LogP contribution >= 0.6 is 11.8 Å². The summed E-state index contributed by atoms with van der Waals surface area (Å²) >= 11 is 1.86. The molecule has 0 heterocycles. The van der Waals surface area contributed by atoms with Crippen molar-refractivity contribution in [2.45, 2.75) is 110 Å². The fourth-order valence-corrected chi connectivity index (χ4v) is 10.7. The van der Waals surface area contributed by atoms with E-state index in [-0.39, 0.29) is 5.41 Å². The molecule has 1 nitrogen and oxygen atoms in total. The van der Waals surface area contributed by atoms with Gasteiger partial charge in [0.05, 0.1) is 0 Å². The van der Waals surface area contributed by atoms with E-state index in [1.54, 1.807) is 5.57 Å². The van der Waals surface area contributed by atoms with E-state index in [9.17, 15) is 4.79 Å². The molecular formula is C34H50OS. The van der Waals surface area contributed by atoms with Crippen molar-refractivity contribution < 1.29 is 4.79 Å². The lowest BCUT2D eigenvalue weighted by molar-refractivity contribution is -0.118. The quantitative estimate of drug-likeness (QED) is 0.326. The van der Waals surface area contributed by atoms with Crippen LogP contribution < -0.4 is 0 Å². The van der Waals surface area contributed by atoms with Crippen LogP contribution in [0.2, 0.25) is 0 Å². The summed E-state index contributed by atoms with van der Waals surface area (Å²) in [5, 5.41) is 0. The van der Waals surface area contributed by atoms with Crippen molar-refractivity contribution in [1.82, 2.24) is 0 Å². The SMILES string of the molecule is CC(C)CCC[C@@H](C)[C@H]1CC[C@H]2[C@@H]3CCC4=C(CSc5ccccc5)C(=O)CC[C@]4(C)[C@H]3CC[C@]12C. The number of thioether (sulfide) groups is 1. The van der Waals surface area contributed by atoms with Gasteiger partial charge in [0.25, 0.3) is 0 Å². The summed E-state index contributed by atoms with van der Waals surface area (Å²) in [6, 6.07) is 10.7. The van der Waals surface area contributed by atoms with Crippen LogP contribution in [0.4, 0.5) is 0 Å². The minimum absolute atomic E-state index is 0.256. The zero-order valence-electron chi connectivity index (χ0n) is 23.7. The number of allylic oxidation sites excluding steroid dienone is 1. The van der Waals surface area contributed by atoms with Gasteiger partial charge in [0.15, 0.2) is 5.78 Å². The zero-order chi connectivity index (χ0) is 25.5. The van der Waals surface area contributed by atoms with E-state index in [1.165, 1.54) is 68.3 Å². The third kappa shape index (κ3) is 4.78. The number of rotatable bonds is 8. The van der Waals surface area contributed by atoms with Crippen LogP contribution in [-0.2, 0) is 4.79 Å². The topological polar surface area (TPSA) is 17.1 Å². The van der Waals surface area contributed by atoms with E-state index in [4.69, 9.17) is 0 Å². The van der Waals surface area contributed by atoms with Crippen LogP contribution in [0.1, 0.15) is 105 Å². The number of ketones is 1. The van der Waals surface area contributed by atoms with Gasteiger partial charge in [-0.05, 0) is 103 Å². The Labute approximate surface area is 225 Å². The van der Waals surface area contributed by atoms with Crippen molar-refractivity contribution in [1.29, 1.82) is 0 Å². The highest BCUT2D eigenvalue weighted by Gasteiger charge is 2.59. The third-order valence-corrected chi connectivity index (χ3v) is 12.6. The first kappa shape index (κ1) is 26.6. The molecule has 0 N–H and O–H groups in total. The van der Waals surface area contributed by atoms with E-state index in [1.807, 2.05) is 11.8 Å². The molecule has 0 amide bonds.